The van der Waals surface area contributed by atoms with Gasteiger partial charge in [-0.25, -0.2) is 0 Å². The predicted octanol–water partition coefficient (Wildman–Crippen LogP) is 4.46. The van der Waals surface area contributed by atoms with Gasteiger partial charge in [0.05, 0.1) is 17.7 Å². The number of anilines is 1. The molecule has 3 aromatic rings. The zero-order valence-corrected chi connectivity index (χ0v) is 17.2. The number of ether oxygens (including phenoxy) is 1. The highest BCUT2D eigenvalue weighted by molar-refractivity contribution is 5.98. The molecule has 3 aromatic carbocycles. The van der Waals surface area contributed by atoms with E-state index in [2.05, 4.69) is 41.7 Å². The van der Waals surface area contributed by atoms with Gasteiger partial charge in [0.2, 0.25) is 5.91 Å². The highest BCUT2D eigenvalue weighted by Crippen LogP contribution is 2.23. The minimum Gasteiger partial charge on any atom is -0.492 e. The maximum atomic E-state index is 12.0. The number of carbonyl (C=O) groups is 2. The van der Waals surface area contributed by atoms with Gasteiger partial charge < -0.3 is 15.8 Å². The van der Waals surface area contributed by atoms with Crippen LogP contribution in [0.4, 0.5) is 5.69 Å². The molecule has 0 radical (unpaired) electrons. The van der Waals surface area contributed by atoms with Crippen molar-refractivity contribution in [3.05, 3.63) is 83.9 Å². The molecule has 0 spiro atoms. The Kier molecular flexibility index (Phi) is 6.65. The lowest BCUT2D eigenvalue weighted by Crippen LogP contribution is -2.45. The highest BCUT2D eigenvalue weighted by atomic mass is 16.5. The van der Waals surface area contributed by atoms with Gasteiger partial charge in [-0.3, -0.25) is 9.59 Å². The van der Waals surface area contributed by atoms with Crippen LogP contribution in [-0.2, 0) is 11.2 Å². The van der Waals surface area contributed by atoms with Crippen molar-refractivity contribution in [2.75, 3.05) is 11.9 Å². The molecule has 3 N–H and O–H groups in total. The fraction of sp³-hybridized carbons (Fsp3) is 0.200. The number of nitrogens with one attached hydrogen (secondary N) is 1. The Bertz CT molecular complexity index is 1010. The molecule has 0 fully saturated rings. The number of nitrogens with two attached hydrogens (primary N) is 1. The van der Waals surface area contributed by atoms with Gasteiger partial charge in [-0.05, 0) is 48.7 Å². The van der Waals surface area contributed by atoms with Gasteiger partial charge in [0, 0.05) is 12.1 Å². The Morgan fingerprint density at radius 2 is 1.67 bits per heavy atom. The number of rotatable bonds is 8. The van der Waals surface area contributed by atoms with E-state index in [0.29, 0.717) is 36.3 Å². The monoisotopic (exact) mass is 402 g/mol. The van der Waals surface area contributed by atoms with Gasteiger partial charge in [0.1, 0.15) is 5.75 Å². The summed E-state index contributed by atoms with van der Waals surface area (Å²) in [5, 5.41) is 2.71. The summed E-state index contributed by atoms with van der Waals surface area (Å²) in [6.07, 6.45) is 1.43. The normalized spacial score (nSPS) is 11.0. The van der Waals surface area contributed by atoms with Crippen molar-refractivity contribution in [2.24, 2.45) is 5.73 Å². The van der Waals surface area contributed by atoms with Crippen LogP contribution in [0.5, 0.6) is 5.75 Å². The standard InChI is InChI=1S/C25H26N2O3/c1-25(2,26)24(29)27-22-12-13-23(21(16-22)17-28)30-15-14-18-8-10-20(11-9-18)19-6-4-3-5-7-19/h3-13,16-17H,14-15,26H2,1-2H3,(H,27,29). The molecular formula is C25H26N2O3. The Morgan fingerprint density at radius 3 is 2.30 bits per heavy atom. The fourth-order valence-corrected chi connectivity index (χ4v) is 2.92. The van der Waals surface area contributed by atoms with Gasteiger partial charge >= 0.3 is 0 Å². The van der Waals surface area contributed by atoms with Crippen LogP contribution in [0, 0.1) is 0 Å². The number of amides is 1. The first-order valence-electron chi connectivity index (χ1n) is 9.83. The van der Waals surface area contributed by atoms with Crippen LogP contribution in [0.1, 0.15) is 29.8 Å². The maximum absolute atomic E-state index is 12.0. The number of carbonyl (C=O) groups excluding carboxylic acids is 2. The fourth-order valence-electron chi connectivity index (χ4n) is 2.92. The van der Waals surface area contributed by atoms with E-state index in [1.807, 2.05) is 18.2 Å². The average molecular weight is 402 g/mol. The van der Waals surface area contributed by atoms with Crippen molar-refractivity contribution >= 4 is 17.9 Å². The topological polar surface area (TPSA) is 81.4 Å². The predicted molar refractivity (Wildman–Crippen MR) is 120 cm³/mol. The van der Waals surface area contributed by atoms with Crippen molar-refractivity contribution in [2.45, 2.75) is 25.8 Å². The van der Waals surface area contributed by atoms with E-state index >= 15 is 0 Å². The van der Waals surface area contributed by atoms with E-state index in [-0.39, 0.29) is 5.91 Å². The second-order valence-electron chi connectivity index (χ2n) is 7.71. The molecule has 0 bridgehead atoms. The lowest BCUT2D eigenvalue weighted by atomic mass is 10.0. The average Bonchev–Trinajstić information content (AvgIpc) is 2.75. The molecule has 5 nitrogen and oxygen atoms in total. The molecule has 1 amide bonds. The third kappa shape index (κ3) is 5.55. The van der Waals surface area contributed by atoms with E-state index in [1.54, 1.807) is 32.0 Å². The zero-order chi connectivity index (χ0) is 21.6. The smallest absolute Gasteiger partial charge is 0.243 e. The second-order valence-corrected chi connectivity index (χ2v) is 7.71. The molecule has 0 atom stereocenters. The number of aldehydes is 1. The first-order valence-corrected chi connectivity index (χ1v) is 9.83. The summed E-state index contributed by atoms with van der Waals surface area (Å²) in [5.41, 5.74) is 9.16. The van der Waals surface area contributed by atoms with E-state index in [0.717, 1.165) is 5.56 Å². The largest absolute Gasteiger partial charge is 0.492 e. The number of hydrogen-bond donors (Lipinski definition) is 2. The van der Waals surface area contributed by atoms with Crippen LogP contribution in [0.2, 0.25) is 0 Å². The van der Waals surface area contributed by atoms with E-state index in [1.165, 1.54) is 11.1 Å². The van der Waals surface area contributed by atoms with Crippen molar-refractivity contribution in [1.29, 1.82) is 0 Å². The summed E-state index contributed by atoms with van der Waals surface area (Å²) in [6, 6.07) is 23.5. The molecular weight excluding hydrogens is 376 g/mol. The molecule has 0 aliphatic heterocycles. The number of hydrogen-bond acceptors (Lipinski definition) is 4. The van der Waals surface area contributed by atoms with E-state index in [4.69, 9.17) is 10.5 Å². The molecule has 0 aromatic heterocycles. The maximum Gasteiger partial charge on any atom is 0.243 e. The van der Waals surface area contributed by atoms with Crippen LogP contribution in [-0.4, -0.2) is 24.3 Å². The lowest BCUT2D eigenvalue weighted by Gasteiger charge is -2.18. The van der Waals surface area contributed by atoms with Gasteiger partial charge in [-0.1, -0.05) is 54.6 Å². The van der Waals surface area contributed by atoms with Crippen LogP contribution in [0.15, 0.2) is 72.8 Å². The summed E-state index contributed by atoms with van der Waals surface area (Å²) in [6.45, 7) is 3.67. The van der Waals surface area contributed by atoms with E-state index in [9.17, 15) is 9.59 Å². The van der Waals surface area contributed by atoms with Crippen molar-refractivity contribution in [3.63, 3.8) is 0 Å². The molecule has 0 saturated carbocycles. The van der Waals surface area contributed by atoms with Crippen molar-refractivity contribution < 1.29 is 14.3 Å². The summed E-state index contributed by atoms with van der Waals surface area (Å²) in [5.74, 6) is 0.155. The third-order valence-corrected chi connectivity index (χ3v) is 4.69. The number of benzene rings is 3. The molecule has 0 unspecified atom stereocenters. The molecule has 0 aliphatic rings. The van der Waals surface area contributed by atoms with Gasteiger partial charge in [-0.2, -0.15) is 0 Å². The third-order valence-electron chi connectivity index (χ3n) is 4.69. The highest BCUT2D eigenvalue weighted by Gasteiger charge is 2.22. The summed E-state index contributed by atoms with van der Waals surface area (Å²) >= 11 is 0. The first-order chi connectivity index (χ1) is 14.4. The Morgan fingerprint density at radius 1 is 1.00 bits per heavy atom. The Labute approximate surface area is 176 Å². The van der Waals surface area contributed by atoms with Crippen LogP contribution in [0.25, 0.3) is 11.1 Å². The van der Waals surface area contributed by atoms with Crippen molar-refractivity contribution in [1.82, 2.24) is 0 Å². The lowest BCUT2D eigenvalue weighted by molar-refractivity contribution is -0.120. The van der Waals surface area contributed by atoms with Crippen molar-refractivity contribution in [3.8, 4) is 16.9 Å². The molecule has 30 heavy (non-hydrogen) atoms. The first kappa shape index (κ1) is 21.3. The van der Waals surface area contributed by atoms with Crippen LogP contribution < -0.4 is 15.8 Å². The minimum absolute atomic E-state index is 0.327. The molecule has 0 aliphatic carbocycles. The zero-order valence-electron chi connectivity index (χ0n) is 17.2. The van der Waals surface area contributed by atoms with Gasteiger partial charge in [0.15, 0.2) is 6.29 Å². The summed E-state index contributed by atoms with van der Waals surface area (Å²) < 4.78 is 5.81. The molecule has 0 saturated heterocycles. The Balaban J connectivity index is 1.59. The van der Waals surface area contributed by atoms with Crippen LogP contribution in [0.3, 0.4) is 0 Å². The second kappa shape index (κ2) is 9.37. The summed E-state index contributed by atoms with van der Waals surface area (Å²) in [4.78, 5) is 23.5. The summed E-state index contributed by atoms with van der Waals surface area (Å²) in [7, 11) is 0. The SMILES string of the molecule is CC(C)(N)C(=O)Nc1ccc(OCCc2ccc(-c3ccccc3)cc2)c(C=O)c1. The van der Waals surface area contributed by atoms with E-state index < -0.39 is 5.54 Å². The van der Waals surface area contributed by atoms with Crippen LogP contribution >= 0.6 is 0 Å². The van der Waals surface area contributed by atoms with Gasteiger partial charge in [0.25, 0.3) is 0 Å². The molecule has 154 valence electrons. The minimum atomic E-state index is -1.01. The molecule has 5 heteroatoms. The molecule has 0 heterocycles. The quantitative estimate of drug-likeness (QED) is 0.545. The molecule has 3 rings (SSSR count). The Hall–Kier alpha value is -3.44. The van der Waals surface area contributed by atoms with Gasteiger partial charge in [-0.15, -0.1) is 0 Å².